The predicted molar refractivity (Wildman–Crippen MR) is 103 cm³/mol. The van der Waals surface area contributed by atoms with E-state index in [1.165, 1.54) is 4.90 Å². The number of benzene rings is 1. The molecule has 1 aliphatic heterocycles. The first-order chi connectivity index (χ1) is 13.1. The van der Waals surface area contributed by atoms with Gasteiger partial charge in [-0.05, 0) is 30.9 Å². The molecule has 1 atom stereocenters. The molecular formula is C20H26N4O3. The first-order valence-electron chi connectivity index (χ1n) is 9.53. The van der Waals surface area contributed by atoms with Crippen molar-refractivity contribution in [1.29, 1.82) is 0 Å². The number of fused-ring (bicyclic) bond motifs is 1. The lowest BCUT2D eigenvalue weighted by Crippen LogP contribution is -2.34. The molecule has 0 saturated carbocycles. The molecule has 2 heterocycles. The fraction of sp³-hybridized carbons (Fsp3) is 0.450. The van der Waals surface area contributed by atoms with Crippen LogP contribution in [0.3, 0.4) is 0 Å². The standard InChI is InChI=1S/C20H26N4O3/c1-2-3-11-21-18(25)9-8-17-19(26)24(20(27)23-17)12-10-14-13-22-16-7-5-4-6-15(14)16/h4-7,13,17,22H,2-3,8-12H2,1H3,(H,21,25)(H,23,27). The monoisotopic (exact) mass is 370 g/mol. The molecule has 1 aromatic heterocycles. The van der Waals surface area contributed by atoms with Gasteiger partial charge in [-0.2, -0.15) is 0 Å². The highest BCUT2D eigenvalue weighted by molar-refractivity contribution is 6.04. The van der Waals surface area contributed by atoms with E-state index >= 15 is 0 Å². The Bertz CT molecular complexity index is 829. The third-order valence-electron chi connectivity index (χ3n) is 4.90. The van der Waals surface area contributed by atoms with E-state index in [2.05, 4.69) is 22.5 Å². The van der Waals surface area contributed by atoms with Crippen LogP contribution in [-0.2, 0) is 16.0 Å². The zero-order valence-corrected chi connectivity index (χ0v) is 15.6. The van der Waals surface area contributed by atoms with Crippen molar-refractivity contribution in [3.05, 3.63) is 36.0 Å². The van der Waals surface area contributed by atoms with E-state index in [9.17, 15) is 14.4 Å². The Labute approximate surface area is 158 Å². The fourth-order valence-corrected chi connectivity index (χ4v) is 3.32. The molecule has 7 nitrogen and oxygen atoms in total. The number of aromatic nitrogens is 1. The van der Waals surface area contributed by atoms with Gasteiger partial charge in [-0.3, -0.25) is 14.5 Å². The van der Waals surface area contributed by atoms with Gasteiger partial charge in [0.1, 0.15) is 6.04 Å². The van der Waals surface area contributed by atoms with E-state index in [1.54, 1.807) is 0 Å². The van der Waals surface area contributed by atoms with Gasteiger partial charge in [-0.25, -0.2) is 4.79 Å². The number of para-hydroxylation sites is 1. The first-order valence-corrected chi connectivity index (χ1v) is 9.53. The van der Waals surface area contributed by atoms with Gasteiger partial charge in [-0.15, -0.1) is 0 Å². The second-order valence-electron chi connectivity index (χ2n) is 6.84. The summed E-state index contributed by atoms with van der Waals surface area (Å²) in [6, 6.07) is 6.95. The molecule has 3 rings (SSSR count). The van der Waals surface area contributed by atoms with Crippen molar-refractivity contribution < 1.29 is 14.4 Å². The number of rotatable bonds is 9. The summed E-state index contributed by atoms with van der Waals surface area (Å²) in [7, 11) is 0. The topological polar surface area (TPSA) is 94.3 Å². The lowest BCUT2D eigenvalue weighted by atomic mass is 10.1. The summed E-state index contributed by atoms with van der Waals surface area (Å²) in [5.41, 5.74) is 2.11. The van der Waals surface area contributed by atoms with E-state index < -0.39 is 6.04 Å². The van der Waals surface area contributed by atoms with Gasteiger partial charge in [-0.1, -0.05) is 31.5 Å². The van der Waals surface area contributed by atoms with Gasteiger partial charge in [0.05, 0.1) is 0 Å². The summed E-state index contributed by atoms with van der Waals surface area (Å²) in [5.74, 6) is -0.330. The number of carbonyl (C=O) groups excluding carboxylic acids is 3. The summed E-state index contributed by atoms with van der Waals surface area (Å²) in [4.78, 5) is 40.9. The normalized spacial score (nSPS) is 16.8. The van der Waals surface area contributed by atoms with Crippen molar-refractivity contribution in [1.82, 2.24) is 20.5 Å². The number of aromatic amines is 1. The lowest BCUT2D eigenvalue weighted by Gasteiger charge is -2.12. The molecule has 0 spiro atoms. The maximum Gasteiger partial charge on any atom is 0.324 e. The average Bonchev–Trinajstić information content (AvgIpc) is 3.19. The van der Waals surface area contributed by atoms with Gasteiger partial charge in [0.25, 0.3) is 5.91 Å². The molecule has 1 aliphatic rings. The number of imide groups is 1. The molecule has 1 unspecified atom stereocenters. The Kier molecular flexibility index (Phi) is 6.11. The molecule has 3 N–H and O–H groups in total. The zero-order chi connectivity index (χ0) is 19.2. The van der Waals surface area contributed by atoms with Crippen LogP contribution in [0, 0.1) is 0 Å². The summed E-state index contributed by atoms with van der Waals surface area (Å²) >= 11 is 0. The Hall–Kier alpha value is -2.83. The minimum Gasteiger partial charge on any atom is -0.361 e. The van der Waals surface area contributed by atoms with Gasteiger partial charge in [0, 0.05) is 36.6 Å². The smallest absolute Gasteiger partial charge is 0.324 e. The third kappa shape index (κ3) is 4.48. The van der Waals surface area contributed by atoms with Crippen LogP contribution in [0.1, 0.15) is 38.2 Å². The number of carbonyl (C=O) groups is 3. The first kappa shape index (κ1) is 18.9. The molecule has 7 heteroatoms. The number of unbranched alkanes of at least 4 members (excludes halogenated alkanes) is 1. The Morgan fingerprint density at radius 2 is 2.07 bits per heavy atom. The van der Waals surface area contributed by atoms with Crippen molar-refractivity contribution in [3.63, 3.8) is 0 Å². The Morgan fingerprint density at radius 3 is 2.89 bits per heavy atom. The number of urea groups is 1. The lowest BCUT2D eigenvalue weighted by molar-refractivity contribution is -0.127. The number of nitrogens with zero attached hydrogens (tertiary/aromatic N) is 1. The van der Waals surface area contributed by atoms with Crippen LogP contribution in [0.5, 0.6) is 0 Å². The number of hydrogen-bond acceptors (Lipinski definition) is 3. The molecule has 1 saturated heterocycles. The molecule has 0 bridgehead atoms. The molecule has 4 amide bonds. The SMILES string of the molecule is CCCCNC(=O)CCC1NC(=O)N(CCc2c[nH]c3ccccc23)C1=O. The van der Waals surface area contributed by atoms with Crippen molar-refractivity contribution in [3.8, 4) is 0 Å². The molecule has 1 aromatic carbocycles. The highest BCUT2D eigenvalue weighted by atomic mass is 16.2. The van der Waals surface area contributed by atoms with E-state index in [0.29, 0.717) is 25.9 Å². The highest BCUT2D eigenvalue weighted by Gasteiger charge is 2.37. The predicted octanol–water partition coefficient (Wildman–Crippen LogP) is 2.33. The molecule has 144 valence electrons. The minimum absolute atomic E-state index is 0.0808. The van der Waals surface area contributed by atoms with Crippen LogP contribution in [0.15, 0.2) is 30.5 Å². The van der Waals surface area contributed by atoms with E-state index in [-0.39, 0.29) is 24.3 Å². The molecule has 2 aromatic rings. The maximum atomic E-state index is 12.5. The summed E-state index contributed by atoms with van der Waals surface area (Å²) in [6.07, 6.45) is 5.02. The summed E-state index contributed by atoms with van der Waals surface area (Å²) in [6.45, 7) is 3.03. The fourth-order valence-electron chi connectivity index (χ4n) is 3.32. The number of H-pyrrole nitrogens is 1. The summed E-state index contributed by atoms with van der Waals surface area (Å²) < 4.78 is 0. The zero-order valence-electron chi connectivity index (χ0n) is 15.6. The quantitative estimate of drug-likeness (QED) is 0.467. The molecule has 1 fully saturated rings. The molecule has 27 heavy (non-hydrogen) atoms. The average molecular weight is 370 g/mol. The van der Waals surface area contributed by atoms with Crippen LogP contribution >= 0.6 is 0 Å². The van der Waals surface area contributed by atoms with Crippen LogP contribution in [0.4, 0.5) is 4.79 Å². The number of amides is 4. The van der Waals surface area contributed by atoms with Crippen molar-refractivity contribution in [2.24, 2.45) is 0 Å². The van der Waals surface area contributed by atoms with E-state index in [1.807, 2.05) is 30.5 Å². The van der Waals surface area contributed by atoms with Crippen LogP contribution in [0.2, 0.25) is 0 Å². The van der Waals surface area contributed by atoms with Crippen molar-refractivity contribution in [2.75, 3.05) is 13.1 Å². The highest BCUT2D eigenvalue weighted by Crippen LogP contribution is 2.19. The van der Waals surface area contributed by atoms with Gasteiger partial charge in [0.2, 0.25) is 5.91 Å². The summed E-state index contributed by atoms with van der Waals surface area (Å²) in [5, 5.41) is 6.62. The second kappa shape index (κ2) is 8.70. The maximum absolute atomic E-state index is 12.5. The van der Waals surface area contributed by atoms with Crippen molar-refractivity contribution >= 4 is 28.7 Å². The Morgan fingerprint density at radius 1 is 1.26 bits per heavy atom. The molecular weight excluding hydrogens is 344 g/mol. The Balaban J connectivity index is 1.51. The minimum atomic E-state index is -0.614. The molecule has 0 radical (unpaired) electrons. The van der Waals surface area contributed by atoms with Gasteiger partial charge >= 0.3 is 6.03 Å². The van der Waals surface area contributed by atoms with Crippen LogP contribution in [0.25, 0.3) is 10.9 Å². The van der Waals surface area contributed by atoms with Gasteiger partial charge in [0.15, 0.2) is 0 Å². The third-order valence-corrected chi connectivity index (χ3v) is 4.90. The number of nitrogens with one attached hydrogen (secondary N) is 3. The second-order valence-corrected chi connectivity index (χ2v) is 6.84. The van der Waals surface area contributed by atoms with Crippen molar-refractivity contribution in [2.45, 2.75) is 45.1 Å². The van der Waals surface area contributed by atoms with E-state index in [4.69, 9.17) is 0 Å². The number of hydrogen-bond donors (Lipinski definition) is 3. The van der Waals surface area contributed by atoms with Crippen LogP contribution < -0.4 is 10.6 Å². The van der Waals surface area contributed by atoms with Gasteiger partial charge < -0.3 is 15.6 Å². The largest absolute Gasteiger partial charge is 0.361 e. The molecule has 0 aliphatic carbocycles. The van der Waals surface area contributed by atoms with Crippen LogP contribution in [-0.4, -0.2) is 46.9 Å². The van der Waals surface area contributed by atoms with E-state index in [0.717, 1.165) is 29.3 Å².